The van der Waals surface area contributed by atoms with E-state index in [0.717, 1.165) is 24.7 Å². The highest BCUT2D eigenvalue weighted by Crippen LogP contribution is 2.16. The Morgan fingerprint density at radius 3 is 2.68 bits per heavy atom. The minimum atomic E-state index is 0. The molecule has 0 saturated heterocycles. The van der Waals surface area contributed by atoms with Crippen LogP contribution in [0.15, 0.2) is 29.3 Å². The molecular weight excluding hydrogens is 377 g/mol. The second-order valence-electron chi connectivity index (χ2n) is 3.73. The minimum absolute atomic E-state index is 0. The van der Waals surface area contributed by atoms with Crippen molar-refractivity contribution in [3.63, 3.8) is 0 Å². The molecule has 0 aliphatic rings. The molecular formula is C13H21ClIN3O. The van der Waals surface area contributed by atoms with E-state index < -0.39 is 0 Å². The molecule has 0 aromatic heterocycles. The molecule has 1 rings (SSSR count). The highest BCUT2D eigenvalue weighted by Gasteiger charge is 1.97. The van der Waals surface area contributed by atoms with Gasteiger partial charge in [-0.25, -0.2) is 0 Å². The fourth-order valence-corrected chi connectivity index (χ4v) is 1.54. The smallest absolute Gasteiger partial charge is 0.191 e. The van der Waals surface area contributed by atoms with Crippen molar-refractivity contribution in [2.75, 3.05) is 26.7 Å². The van der Waals surface area contributed by atoms with Gasteiger partial charge in [0.05, 0.1) is 6.54 Å². The molecule has 0 atom stereocenters. The maximum atomic E-state index is 5.86. The summed E-state index contributed by atoms with van der Waals surface area (Å²) in [6.45, 7) is 4.28. The van der Waals surface area contributed by atoms with Crippen LogP contribution in [0.5, 0.6) is 5.75 Å². The van der Waals surface area contributed by atoms with Crippen molar-refractivity contribution in [1.82, 2.24) is 10.6 Å². The van der Waals surface area contributed by atoms with Crippen LogP contribution in [-0.2, 0) is 0 Å². The first-order chi connectivity index (χ1) is 8.76. The van der Waals surface area contributed by atoms with Crippen molar-refractivity contribution in [1.29, 1.82) is 0 Å². The lowest BCUT2D eigenvalue weighted by molar-refractivity contribution is 0.322. The van der Waals surface area contributed by atoms with Gasteiger partial charge in [0, 0.05) is 18.6 Å². The Kier molecular flexibility index (Phi) is 10.8. The van der Waals surface area contributed by atoms with Gasteiger partial charge in [-0.2, -0.15) is 0 Å². The number of guanidine groups is 1. The first kappa shape index (κ1) is 18.3. The highest BCUT2D eigenvalue weighted by molar-refractivity contribution is 14.0. The summed E-state index contributed by atoms with van der Waals surface area (Å²) in [5.41, 5.74) is 0. The Labute approximate surface area is 137 Å². The first-order valence-corrected chi connectivity index (χ1v) is 6.47. The molecule has 0 fully saturated rings. The summed E-state index contributed by atoms with van der Waals surface area (Å²) in [5.74, 6) is 1.58. The molecule has 0 unspecified atom stereocenters. The largest absolute Gasteiger partial charge is 0.492 e. The molecule has 19 heavy (non-hydrogen) atoms. The summed E-state index contributed by atoms with van der Waals surface area (Å²) >= 11 is 5.86. The first-order valence-electron chi connectivity index (χ1n) is 6.09. The maximum Gasteiger partial charge on any atom is 0.191 e. The van der Waals surface area contributed by atoms with Gasteiger partial charge in [-0.3, -0.25) is 4.99 Å². The molecule has 0 amide bonds. The third-order valence-corrected chi connectivity index (χ3v) is 2.46. The molecule has 0 radical (unpaired) electrons. The van der Waals surface area contributed by atoms with Crippen LogP contribution in [0.25, 0.3) is 0 Å². The lowest BCUT2D eigenvalue weighted by Gasteiger charge is -2.11. The molecule has 4 nitrogen and oxygen atoms in total. The Hall–Kier alpha value is -0.690. The predicted molar refractivity (Wildman–Crippen MR) is 92.0 cm³/mol. The fourth-order valence-electron chi connectivity index (χ4n) is 1.36. The molecule has 0 heterocycles. The quantitative estimate of drug-likeness (QED) is 0.336. The number of rotatable bonds is 6. The Morgan fingerprint density at radius 1 is 1.32 bits per heavy atom. The lowest BCUT2D eigenvalue weighted by atomic mass is 10.3. The van der Waals surface area contributed by atoms with Crippen LogP contribution >= 0.6 is 35.6 Å². The van der Waals surface area contributed by atoms with Gasteiger partial charge in [0.15, 0.2) is 5.96 Å². The number of ether oxygens (including phenoxy) is 1. The number of nitrogens with zero attached hydrogens (tertiary/aromatic N) is 1. The van der Waals surface area contributed by atoms with Crippen molar-refractivity contribution < 1.29 is 4.74 Å². The van der Waals surface area contributed by atoms with E-state index in [1.807, 2.05) is 18.2 Å². The lowest BCUT2D eigenvalue weighted by Crippen LogP contribution is -2.39. The van der Waals surface area contributed by atoms with E-state index in [4.69, 9.17) is 16.3 Å². The van der Waals surface area contributed by atoms with Gasteiger partial charge < -0.3 is 15.4 Å². The molecule has 0 aliphatic heterocycles. The number of benzene rings is 1. The molecule has 2 N–H and O–H groups in total. The molecule has 6 heteroatoms. The van der Waals surface area contributed by atoms with Gasteiger partial charge >= 0.3 is 0 Å². The van der Waals surface area contributed by atoms with Crippen LogP contribution in [-0.4, -0.2) is 32.7 Å². The van der Waals surface area contributed by atoms with E-state index in [9.17, 15) is 0 Å². The van der Waals surface area contributed by atoms with Crippen molar-refractivity contribution >= 4 is 41.5 Å². The average molecular weight is 398 g/mol. The van der Waals surface area contributed by atoms with Gasteiger partial charge in [0.25, 0.3) is 0 Å². The highest BCUT2D eigenvalue weighted by atomic mass is 127. The maximum absolute atomic E-state index is 5.86. The van der Waals surface area contributed by atoms with Crippen LogP contribution in [0.2, 0.25) is 5.02 Å². The standard InChI is InChI=1S/C13H20ClN3O.HI/c1-3-7-16-13(15-2)17-8-9-18-12-6-4-5-11(14)10-12;/h4-6,10H,3,7-9H2,1-2H3,(H2,15,16,17);1H. The van der Waals surface area contributed by atoms with E-state index in [0.29, 0.717) is 18.2 Å². The number of hydrogen-bond acceptors (Lipinski definition) is 2. The zero-order chi connectivity index (χ0) is 13.2. The van der Waals surface area contributed by atoms with Crippen LogP contribution in [0.3, 0.4) is 0 Å². The minimum Gasteiger partial charge on any atom is -0.492 e. The van der Waals surface area contributed by atoms with Gasteiger partial charge in [0.2, 0.25) is 0 Å². The third-order valence-electron chi connectivity index (χ3n) is 2.23. The Balaban J connectivity index is 0.00000324. The number of aliphatic imine (C=N–C) groups is 1. The Morgan fingerprint density at radius 2 is 2.05 bits per heavy atom. The summed E-state index contributed by atoms with van der Waals surface area (Å²) in [6, 6.07) is 7.37. The van der Waals surface area contributed by atoms with Crippen LogP contribution in [0.1, 0.15) is 13.3 Å². The number of nitrogens with one attached hydrogen (secondary N) is 2. The predicted octanol–water partition coefficient (Wildman–Crippen LogP) is 2.91. The second kappa shape index (κ2) is 11.2. The number of halogens is 2. The van der Waals surface area contributed by atoms with E-state index >= 15 is 0 Å². The Bertz CT molecular complexity index is 388. The zero-order valence-corrected chi connectivity index (χ0v) is 14.4. The molecule has 0 spiro atoms. The van der Waals surface area contributed by atoms with E-state index in [2.05, 4.69) is 22.5 Å². The van der Waals surface area contributed by atoms with Crippen molar-refractivity contribution in [2.24, 2.45) is 4.99 Å². The summed E-state index contributed by atoms with van der Waals surface area (Å²) in [5, 5.41) is 7.04. The van der Waals surface area contributed by atoms with Crippen LogP contribution in [0.4, 0.5) is 0 Å². The molecule has 1 aromatic carbocycles. The SMILES string of the molecule is CCCNC(=NC)NCCOc1cccc(Cl)c1.I. The van der Waals surface area contributed by atoms with Gasteiger partial charge in [0.1, 0.15) is 12.4 Å². The second-order valence-corrected chi connectivity index (χ2v) is 4.17. The van der Waals surface area contributed by atoms with Gasteiger partial charge in [-0.05, 0) is 24.6 Å². The summed E-state index contributed by atoms with van der Waals surface area (Å²) in [6.07, 6.45) is 1.07. The van der Waals surface area contributed by atoms with Crippen LogP contribution in [0, 0.1) is 0 Å². The van der Waals surface area contributed by atoms with E-state index in [1.54, 1.807) is 13.1 Å². The van der Waals surface area contributed by atoms with Crippen molar-refractivity contribution in [3.8, 4) is 5.75 Å². The zero-order valence-electron chi connectivity index (χ0n) is 11.3. The summed E-state index contributed by atoms with van der Waals surface area (Å²) in [7, 11) is 1.75. The van der Waals surface area contributed by atoms with Crippen molar-refractivity contribution in [3.05, 3.63) is 29.3 Å². The normalized spacial score (nSPS) is 10.6. The van der Waals surface area contributed by atoms with Gasteiger partial charge in [-0.15, -0.1) is 24.0 Å². The van der Waals surface area contributed by atoms with Crippen LogP contribution < -0.4 is 15.4 Å². The topological polar surface area (TPSA) is 45.7 Å². The molecule has 0 bridgehead atoms. The monoisotopic (exact) mass is 397 g/mol. The average Bonchev–Trinajstić information content (AvgIpc) is 2.38. The fraction of sp³-hybridized carbons (Fsp3) is 0.462. The van der Waals surface area contributed by atoms with E-state index in [-0.39, 0.29) is 24.0 Å². The molecule has 108 valence electrons. The van der Waals surface area contributed by atoms with Gasteiger partial charge in [-0.1, -0.05) is 24.6 Å². The third kappa shape index (κ3) is 8.15. The van der Waals surface area contributed by atoms with E-state index in [1.165, 1.54) is 0 Å². The molecule has 0 saturated carbocycles. The number of hydrogen-bond donors (Lipinski definition) is 2. The summed E-state index contributed by atoms with van der Waals surface area (Å²) in [4.78, 5) is 4.10. The molecule has 0 aliphatic carbocycles. The summed E-state index contributed by atoms with van der Waals surface area (Å²) < 4.78 is 5.56. The van der Waals surface area contributed by atoms with Crippen molar-refractivity contribution in [2.45, 2.75) is 13.3 Å². The molecule has 1 aromatic rings.